The van der Waals surface area contributed by atoms with Gasteiger partial charge in [-0.1, -0.05) is 23.7 Å². The minimum atomic E-state index is -0.210. The second-order valence-electron chi connectivity index (χ2n) is 6.10. The molecule has 25 heavy (non-hydrogen) atoms. The summed E-state index contributed by atoms with van der Waals surface area (Å²) < 4.78 is 0. The van der Waals surface area contributed by atoms with Gasteiger partial charge in [-0.15, -0.1) is 0 Å². The Labute approximate surface area is 152 Å². The molecule has 0 unspecified atom stereocenters. The van der Waals surface area contributed by atoms with Crippen molar-refractivity contribution in [1.82, 2.24) is 0 Å². The summed E-state index contributed by atoms with van der Waals surface area (Å²) in [5.74, 6) is -0.173. The van der Waals surface area contributed by atoms with Crippen LogP contribution in [0.1, 0.15) is 23.6 Å². The normalized spacial score (nSPS) is 13.2. The molecule has 4 nitrogen and oxygen atoms in total. The zero-order chi connectivity index (χ0) is 18.0. The van der Waals surface area contributed by atoms with Gasteiger partial charge in [-0.2, -0.15) is 0 Å². The van der Waals surface area contributed by atoms with Gasteiger partial charge in [0.05, 0.1) is 0 Å². The van der Waals surface area contributed by atoms with E-state index in [1.54, 1.807) is 17.9 Å². The van der Waals surface area contributed by atoms with E-state index in [0.29, 0.717) is 11.6 Å². The monoisotopic (exact) mass is 354 g/mol. The molecule has 2 amide bonds. The van der Waals surface area contributed by atoms with Crippen LogP contribution in [0.15, 0.2) is 42.5 Å². The van der Waals surface area contributed by atoms with E-state index in [1.165, 1.54) is 6.08 Å². The third-order valence-corrected chi connectivity index (χ3v) is 4.65. The van der Waals surface area contributed by atoms with Crippen LogP contribution in [0.3, 0.4) is 0 Å². The zero-order valence-corrected chi connectivity index (χ0v) is 14.9. The average Bonchev–Trinajstić information content (AvgIpc) is 2.99. The highest BCUT2D eigenvalue weighted by Crippen LogP contribution is 2.30. The van der Waals surface area contributed by atoms with Gasteiger partial charge in [-0.3, -0.25) is 9.59 Å². The van der Waals surface area contributed by atoms with E-state index < -0.39 is 0 Å². The number of nitrogens with one attached hydrogen (secondary N) is 1. The Kier molecular flexibility index (Phi) is 4.91. The third-order valence-electron chi connectivity index (χ3n) is 4.25. The first-order valence-corrected chi connectivity index (χ1v) is 8.48. The van der Waals surface area contributed by atoms with Gasteiger partial charge in [0.15, 0.2) is 0 Å². The maximum Gasteiger partial charge on any atom is 0.248 e. The Morgan fingerprint density at radius 1 is 1.20 bits per heavy atom. The minimum absolute atomic E-state index is 0.0372. The number of carbonyl (C=O) groups is 2. The van der Waals surface area contributed by atoms with Crippen molar-refractivity contribution in [2.24, 2.45) is 0 Å². The molecule has 2 aromatic carbocycles. The summed E-state index contributed by atoms with van der Waals surface area (Å²) in [4.78, 5) is 25.4. The molecule has 1 N–H and O–H groups in total. The molecule has 0 atom stereocenters. The number of amides is 2. The van der Waals surface area contributed by atoms with Crippen molar-refractivity contribution < 1.29 is 9.59 Å². The maximum absolute atomic E-state index is 12.1. The summed E-state index contributed by atoms with van der Waals surface area (Å²) in [5, 5.41) is 3.53. The van der Waals surface area contributed by atoms with Crippen molar-refractivity contribution in [1.29, 1.82) is 0 Å². The number of hydrogen-bond donors (Lipinski definition) is 1. The van der Waals surface area contributed by atoms with Crippen LogP contribution >= 0.6 is 11.6 Å². The quantitative estimate of drug-likeness (QED) is 0.839. The summed E-state index contributed by atoms with van der Waals surface area (Å²) in [6.45, 7) is 4.19. The van der Waals surface area contributed by atoms with E-state index >= 15 is 0 Å². The molecule has 1 aliphatic heterocycles. The number of nitrogens with zero attached hydrogens (tertiary/aromatic N) is 1. The summed E-state index contributed by atoms with van der Waals surface area (Å²) in [6, 6.07) is 11.3. The number of anilines is 2. The molecule has 0 saturated carbocycles. The predicted octanol–water partition coefficient (Wildman–Crippen LogP) is 4.21. The smallest absolute Gasteiger partial charge is 0.248 e. The highest BCUT2D eigenvalue weighted by molar-refractivity contribution is 6.31. The van der Waals surface area contributed by atoms with Crippen molar-refractivity contribution in [2.45, 2.75) is 20.3 Å². The topological polar surface area (TPSA) is 49.4 Å². The van der Waals surface area contributed by atoms with E-state index in [9.17, 15) is 9.59 Å². The Hall–Kier alpha value is -2.59. The SMILES string of the molecule is CC(=O)N1CCc2cc(NC(=O)/C=C/c3ccc(C)c(Cl)c3)ccc21. The molecule has 0 radical (unpaired) electrons. The summed E-state index contributed by atoms with van der Waals surface area (Å²) in [6.07, 6.45) is 4.01. The minimum Gasteiger partial charge on any atom is -0.323 e. The number of rotatable bonds is 3. The fraction of sp³-hybridized carbons (Fsp3) is 0.200. The Balaban J connectivity index is 1.68. The molecular weight excluding hydrogens is 336 g/mol. The van der Waals surface area contributed by atoms with Crippen LogP contribution < -0.4 is 10.2 Å². The second-order valence-corrected chi connectivity index (χ2v) is 6.50. The van der Waals surface area contributed by atoms with E-state index in [-0.39, 0.29) is 11.8 Å². The molecular formula is C20H19ClN2O2. The molecule has 0 aliphatic carbocycles. The van der Waals surface area contributed by atoms with Gasteiger partial charge in [0.2, 0.25) is 11.8 Å². The van der Waals surface area contributed by atoms with Crippen LogP contribution in [-0.4, -0.2) is 18.4 Å². The first-order valence-electron chi connectivity index (χ1n) is 8.10. The second kappa shape index (κ2) is 7.11. The van der Waals surface area contributed by atoms with E-state index in [2.05, 4.69) is 5.32 Å². The Bertz CT molecular complexity index is 874. The lowest BCUT2D eigenvalue weighted by Gasteiger charge is -2.14. The van der Waals surface area contributed by atoms with Crippen molar-refractivity contribution in [3.05, 3.63) is 64.2 Å². The van der Waals surface area contributed by atoms with Crippen LogP contribution in [0.4, 0.5) is 11.4 Å². The lowest BCUT2D eigenvalue weighted by molar-refractivity contribution is -0.116. The first kappa shape index (κ1) is 17.2. The number of halogens is 1. The number of hydrogen-bond acceptors (Lipinski definition) is 2. The van der Waals surface area contributed by atoms with E-state index in [1.807, 2.05) is 43.3 Å². The first-order chi connectivity index (χ1) is 11.9. The standard InChI is InChI=1S/C20H19ClN2O2/c1-13-3-4-15(11-18(13)21)5-8-20(25)22-17-6-7-19-16(12-17)9-10-23(19)14(2)24/h3-8,11-12H,9-10H2,1-2H3,(H,22,25)/b8-5+. The molecule has 2 aromatic rings. The zero-order valence-electron chi connectivity index (χ0n) is 14.2. The number of aryl methyl sites for hydroxylation is 1. The van der Waals surface area contributed by atoms with Crippen molar-refractivity contribution in [3.8, 4) is 0 Å². The molecule has 0 spiro atoms. The summed E-state index contributed by atoms with van der Waals surface area (Å²) >= 11 is 6.08. The highest BCUT2D eigenvalue weighted by Gasteiger charge is 2.22. The molecule has 0 fully saturated rings. The van der Waals surface area contributed by atoms with Gasteiger partial charge >= 0.3 is 0 Å². The van der Waals surface area contributed by atoms with Crippen molar-refractivity contribution >= 4 is 40.9 Å². The number of benzene rings is 2. The molecule has 0 bridgehead atoms. The van der Waals surface area contributed by atoms with Crippen LogP contribution in [0.25, 0.3) is 6.08 Å². The van der Waals surface area contributed by atoms with E-state index in [4.69, 9.17) is 11.6 Å². The van der Waals surface area contributed by atoms with Crippen LogP contribution in [0.5, 0.6) is 0 Å². The van der Waals surface area contributed by atoms with Gasteiger partial charge in [-0.05, 0) is 60.4 Å². The highest BCUT2D eigenvalue weighted by atomic mass is 35.5. The van der Waals surface area contributed by atoms with Crippen LogP contribution in [0, 0.1) is 6.92 Å². The molecule has 1 heterocycles. The molecule has 1 aliphatic rings. The van der Waals surface area contributed by atoms with Crippen LogP contribution in [-0.2, 0) is 16.0 Å². The lowest BCUT2D eigenvalue weighted by Crippen LogP contribution is -2.25. The van der Waals surface area contributed by atoms with Crippen molar-refractivity contribution in [2.75, 3.05) is 16.8 Å². The third kappa shape index (κ3) is 3.91. The fourth-order valence-corrected chi connectivity index (χ4v) is 3.06. The molecule has 0 saturated heterocycles. The molecule has 3 rings (SSSR count). The maximum atomic E-state index is 12.1. The lowest BCUT2D eigenvalue weighted by atomic mass is 10.1. The van der Waals surface area contributed by atoms with Gasteiger partial charge < -0.3 is 10.2 Å². The van der Waals surface area contributed by atoms with Gasteiger partial charge in [0.1, 0.15) is 0 Å². The van der Waals surface area contributed by atoms with Gasteiger partial charge in [0, 0.05) is 35.9 Å². The van der Waals surface area contributed by atoms with Gasteiger partial charge in [0.25, 0.3) is 0 Å². The summed E-state index contributed by atoms with van der Waals surface area (Å²) in [7, 11) is 0. The van der Waals surface area contributed by atoms with Crippen molar-refractivity contribution in [3.63, 3.8) is 0 Å². The average molecular weight is 355 g/mol. The number of carbonyl (C=O) groups excluding carboxylic acids is 2. The Morgan fingerprint density at radius 2 is 2.00 bits per heavy atom. The molecule has 5 heteroatoms. The van der Waals surface area contributed by atoms with Crippen LogP contribution in [0.2, 0.25) is 5.02 Å². The molecule has 0 aromatic heterocycles. The Morgan fingerprint density at radius 3 is 2.72 bits per heavy atom. The fourth-order valence-electron chi connectivity index (χ4n) is 2.88. The largest absolute Gasteiger partial charge is 0.323 e. The van der Waals surface area contributed by atoms with E-state index in [0.717, 1.165) is 34.5 Å². The number of fused-ring (bicyclic) bond motifs is 1. The summed E-state index contributed by atoms with van der Waals surface area (Å²) in [5.41, 5.74) is 4.59. The van der Waals surface area contributed by atoms with Gasteiger partial charge in [-0.25, -0.2) is 0 Å². The molecule has 128 valence electrons. The predicted molar refractivity (Wildman–Crippen MR) is 102 cm³/mol.